The quantitative estimate of drug-likeness (QED) is 0.780. The maximum Gasteiger partial charge on any atom is 0.236 e. The topological polar surface area (TPSA) is 54.0 Å². The average molecular weight is 221 g/mol. The minimum atomic E-state index is -0.179. The molecule has 16 heavy (non-hydrogen) atoms. The monoisotopic (exact) mass is 221 g/mol. The number of nitrogens with zero attached hydrogens (tertiary/aromatic N) is 1. The number of hydrogen-bond donors (Lipinski definition) is 2. The number of hydrogen-bond acceptors (Lipinski definition) is 3. The Kier molecular flexibility index (Phi) is 4.92. The highest BCUT2D eigenvalue weighted by Gasteiger charge is 2.10. The molecule has 1 rings (SSSR count). The summed E-state index contributed by atoms with van der Waals surface area (Å²) in [5.41, 5.74) is 2.09. The molecule has 0 radical (unpaired) electrons. The van der Waals surface area contributed by atoms with Crippen LogP contribution in [0.4, 0.5) is 0 Å². The summed E-state index contributed by atoms with van der Waals surface area (Å²) in [7, 11) is 0. The Morgan fingerprint density at radius 1 is 1.50 bits per heavy atom. The van der Waals surface area contributed by atoms with E-state index in [4.69, 9.17) is 0 Å². The summed E-state index contributed by atoms with van der Waals surface area (Å²) < 4.78 is 0. The van der Waals surface area contributed by atoms with Gasteiger partial charge in [0.15, 0.2) is 0 Å². The summed E-state index contributed by atoms with van der Waals surface area (Å²) in [6.45, 7) is 7.04. The Balaban J connectivity index is 2.39. The van der Waals surface area contributed by atoms with E-state index in [1.54, 1.807) is 0 Å². The summed E-state index contributed by atoms with van der Waals surface area (Å²) in [6, 6.07) is 3.80. The van der Waals surface area contributed by atoms with Crippen LogP contribution in [0.1, 0.15) is 25.1 Å². The molecule has 4 nitrogen and oxygen atoms in total. The fourth-order valence-corrected chi connectivity index (χ4v) is 1.29. The lowest BCUT2D eigenvalue weighted by molar-refractivity contribution is -0.122. The lowest BCUT2D eigenvalue weighted by Crippen LogP contribution is -2.41. The van der Waals surface area contributed by atoms with E-state index in [9.17, 15) is 4.79 Å². The molecule has 0 saturated carbocycles. The lowest BCUT2D eigenvalue weighted by Gasteiger charge is -2.13. The van der Waals surface area contributed by atoms with Crippen LogP contribution in [0.25, 0.3) is 0 Å². The summed E-state index contributed by atoms with van der Waals surface area (Å²) >= 11 is 0. The summed E-state index contributed by atoms with van der Waals surface area (Å²) in [4.78, 5) is 15.6. The van der Waals surface area contributed by atoms with Crippen molar-refractivity contribution in [2.24, 2.45) is 0 Å². The zero-order chi connectivity index (χ0) is 12.0. The van der Waals surface area contributed by atoms with Crippen LogP contribution in [0.15, 0.2) is 18.3 Å². The van der Waals surface area contributed by atoms with E-state index < -0.39 is 0 Å². The molecule has 1 heterocycles. The van der Waals surface area contributed by atoms with Gasteiger partial charge in [-0.1, -0.05) is 6.07 Å². The molecule has 2 N–H and O–H groups in total. The molecule has 0 aliphatic rings. The Bertz CT molecular complexity index is 335. The van der Waals surface area contributed by atoms with Gasteiger partial charge in [-0.05, 0) is 32.4 Å². The van der Waals surface area contributed by atoms with E-state index in [2.05, 4.69) is 15.6 Å². The number of nitrogens with one attached hydrogen (secondary N) is 2. The van der Waals surface area contributed by atoms with Crippen molar-refractivity contribution in [3.63, 3.8) is 0 Å². The number of aromatic nitrogens is 1. The maximum atomic E-state index is 11.4. The second-order valence-corrected chi connectivity index (χ2v) is 3.80. The van der Waals surface area contributed by atoms with Crippen LogP contribution in [-0.2, 0) is 11.3 Å². The maximum absolute atomic E-state index is 11.4. The molecule has 4 heteroatoms. The van der Waals surface area contributed by atoms with Gasteiger partial charge < -0.3 is 10.6 Å². The largest absolute Gasteiger partial charge is 0.355 e. The van der Waals surface area contributed by atoms with E-state index >= 15 is 0 Å². The normalized spacial score (nSPS) is 12.2. The average Bonchev–Trinajstić information content (AvgIpc) is 2.28. The summed E-state index contributed by atoms with van der Waals surface area (Å²) in [5.74, 6) is 0.0302. The van der Waals surface area contributed by atoms with Crippen LogP contribution in [-0.4, -0.2) is 23.5 Å². The molecule has 88 valence electrons. The highest BCUT2D eigenvalue weighted by Crippen LogP contribution is 1.99. The van der Waals surface area contributed by atoms with Crippen molar-refractivity contribution in [1.29, 1.82) is 0 Å². The van der Waals surface area contributed by atoms with E-state index in [0.29, 0.717) is 13.1 Å². The molecule has 1 amide bonds. The molecule has 1 aromatic rings. The van der Waals surface area contributed by atoms with Crippen molar-refractivity contribution in [2.75, 3.05) is 6.54 Å². The number of pyridine rings is 1. The van der Waals surface area contributed by atoms with Gasteiger partial charge in [-0.3, -0.25) is 9.78 Å². The zero-order valence-corrected chi connectivity index (χ0v) is 10.1. The van der Waals surface area contributed by atoms with Crippen LogP contribution < -0.4 is 10.6 Å². The van der Waals surface area contributed by atoms with Crippen molar-refractivity contribution < 1.29 is 4.79 Å². The number of carbonyl (C=O) groups is 1. The van der Waals surface area contributed by atoms with Crippen LogP contribution >= 0.6 is 0 Å². The molecule has 1 unspecified atom stereocenters. The first-order valence-electron chi connectivity index (χ1n) is 5.56. The Labute approximate surface area is 96.5 Å². The van der Waals surface area contributed by atoms with E-state index in [-0.39, 0.29) is 11.9 Å². The van der Waals surface area contributed by atoms with Crippen LogP contribution in [0.5, 0.6) is 0 Å². The van der Waals surface area contributed by atoms with Crippen LogP contribution in [0, 0.1) is 6.92 Å². The summed E-state index contributed by atoms with van der Waals surface area (Å²) in [5, 5.41) is 5.92. The molecule has 0 bridgehead atoms. The van der Waals surface area contributed by atoms with Crippen molar-refractivity contribution in [2.45, 2.75) is 33.4 Å². The molecular weight excluding hydrogens is 202 g/mol. The number of amides is 1. The molecule has 0 aliphatic carbocycles. The molecule has 0 aliphatic heterocycles. The fourth-order valence-electron chi connectivity index (χ4n) is 1.29. The molecular formula is C12H19N3O. The molecule has 1 aromatic heterocycles. The zero-order valence-electron chi connectivity index (χ0n) is 10.1. The first-order valence-corrected chi connectivity index (χ1v) is 5.56. The van der Waals surface area contributed by atoms with Gasteiger partial charge in [0.05, 0.1) is 6.04 Å². The van der Waals surface area contributed by atoms with Gasteiger partial charge in [-0.15, -0.1) is 0 Å². The van der Waals surface area contributed by atoms with Gasteiger partial charge in [0.25, 0.3) is 0 Å². The van der Waals surface area contributed by atoms with Gasteiger partial charge in [0.2, 0.25) is 5.91 Å². The van der Waals surface area contributed by atoms with E-state index in [0.717, 1.165) is 11.3 Å². The second kappa shape index (κ2) is 6.23. The van der Waals surface area contributed by atoms with Crippen molar-refractivity contribution in [3.05, 3.63) is 29.6 Å². The summed E-state index contributed by atoms with van der Waals surface area (Å²) in [6.07, 6.45) is 1.83. The van der Waals surface area contributed by atoms with Crippen LogP contribution in [0.3, 0.4) is 0 Å². The standard InChI is InChI=1S/C12H19N3O/c1-4-13-12(16)10(3)15-8-11-6-5-9(2)14-7-11/h5-7,10,15H,4,8H2,1-3H3,(H,13,16). The third-order valence-corrected chi connectivity index (χ3v) is 2.33. The van der Waals surface area contributed by atoms with Gasteiger partial charge in [-0.25, -0.2) is 0 Å². The van der Waals surface area contributed by atoms with Gasteiger partial charge in [-0.2, -0.15) is 0 Å². The first kappa shape index (κ1) is 12.6. The number of rotatable bonds is 5. The van der Waals surface area contributed by atoms with Gasteiger partial charge >= 0.3 is 0 Å². The highest BCUT2D eigenvalue weighted by atomic mass is 16.2. The molecule has 0 saturated heterocycles. The Morgan fingerprint density at radius 3 is 2.81 bits per heavy atom. The first-order chi connectivity index (χ1) is 7.63. The third-order valence-electron chi connectivity index (χ3n) is 2.33. The second-order valence-electron chi connectivity index (χ2n) is 3.80. The highest BCUT2D eigenvalue weighted by molar-refractivity contribution is 5.81. The molecule has 0 aromatic carbocycles. The minimum Gasteiger partial charge on any atom is -0.355 e. The predicted octanol–water partition coefficient (Wildman–Crippen LogP) is 1.00. The molecule has 0 fully saturated rings. The van der Waals surface area contributed by atoms with Crippen molar-refractivity contribution in [3.8, 4) is 0 Å². The SMILES string of the molecule is CCNC(=O)C(C)NCc1ccc(C)nc1. The number of likely N-dealkylation sites (N-methyl/N-ethyl adjacent to an activating group) is 1. The molecule has 0 spiro atoms. The van der Waals surface area contributed by atoms with Crippen molar-refractivity contribution in [1.82, 2.24) is 15.6 Å². The number of carbonyl (C=O) groups excluding carboxylic acids is 1. The lowest BCUT2D eigenvalue weighted by atomic mass is 10.2. The van der Waals surface area contributed by atoms with Crippen LogP contribution in [0.2, 0.25) is 0 Å². The van der Waals surface area contributed by atoms with Crippen molar-refractivity contribution >= 4 is 5.91 Å². The fraction of sp³-hybridized carbons (Fsp3) is 0.500. The minimum absolute atomic E-state index is 0.0302. The predicted molar refractivity (Wildman–Crippen MR) is 64.0 cm³/mol. The van der Waals surface area contributed by atoms with E-state index in [1.807, 2.05) is 39.1 Å². The smallest absolute Gasteiger partial charge is 0.236 e. The Hall–Kier alpha value is -1.42. The number of aryl methyl sites for hydroxylation is 1. The third kappa shape index (κ3) is 3.98. The van der Waals surface area contributed by atoms with E-state index in [1.165, 1.54) is 0 Å². The molecule has 1 atom stereocenters. The Morgan fingerprint density at radius 2 is 2.25 bits per heavy atom. The van der Waals surface area contributed by atoms with Gasteiger partial charge in [0, 0.05) is 25.0 Å². The van der Waals surface area contributed by atoms with Gasteiger partial charge in [0.1, 0.15) is 0 Å².